The lowest BCUT2D eigenvalue weighted by Gasteiger charge is -2.36. The summed E-state index contributed by atoms with van der Waals surface area (Å²) in [6.07, 6.45) is 2.30. The summed E-state index contributed by atoms with van der Waals surface area (Å²) in [6, 6.07) is 11.8. The van der Waals surface area contributed by atoms with Crippen LogP contribution in [0.5, 0.6) is 0 Å². The summed E-state index contributed by atoms with van der Waals surface area (Å²) in [5, 5.41) is 3.18. The molecule has 30 heavy (non-hydrogen) atoms. The molecule has 5 rings (SSSR count). The number of rotatable bonds is 4. The van der Waals surface area contributed by atoms with Crippen molar-refractivity contribution in [2.45, 2.75) is 19.3 Å². The molecular weight excluding hydrogens is 397 g/mol. The second-order valence-corrected chi connectivity index (χ2v) is 9.07. The van der Waals surface area contributed by atoms with Gasteiger partial charge in [-0.15, -0.1) is 11.3 Å². The maximum absolute atomic E-state index is 14.0. The van der Waals surface area contributed by atoms with Gasteiger partial charge in [-0.1, -0.05) is 12.1 Å². The number of aryl methyl sites for hydroxylation is 1. The van der Waals surface area contributed by atoms with Gasteiger partial charge in [0.1, 0.15) is 5.82 Å². The molecule has 2 aromatic carbocycles. The van der Waals surface area contributed by atoms with E-state index < -0.39 is 0 Å². The quantitative estimate of drug-likeness (QED) is 0.620. The lowest BCUT2D eigenvalue weighted by atomic mass is 9.98. The van der Waals surface area contributed by atoms with E-state index in [2.05, 4.69) is 41.1 Å². The molecular formula is C24H25FN3OS. The van der Waals surface area contributed by atoms with Crippen LogP contribution in [0, 0.1) is 12.9 Å². The minimum atomic E-state index is -0.160. The number of amides is 1. The smallest absolute Gasteiger partial charge is 0.227 e. The molecule has 0 bridgehead atoms. The van der Waals surface area contributed by atoms with Gasteiger partial charge in [0, 0.05) is 67.7 Å². The highest BCUT2D eigenvalue weighted by atomic mass is 32.1. The molecule has 0 aliphatic carbocycles. The number of carbonyl (C=O) groups excluding carboxylic acids is 1. The van der Waals surface area contributed by atoms with E-state index in [1.807, 2.05) is 5.38 Å². The lowest BCUT2D eigenvalue weighted by Crippen LogP contribution is -2.47. The van der Waals surface area contributed by atoms with Crippen LogP contribution < -0.4 is 9.80 Å². The molecule has 0 unspecified atom stereocenters. The lowest BCUT2D eigenvalue weighted by molar-refractivity contribution is -0.118. The molecule has 0 spiro atoms. The van der Waals surface area contributed by atoms with E-state index in [0.29, 0.717) is 6.42 Å². The fraction of sp³-hybridized carbons (Fsp3) is 0.333. The van der Waals surface area contributed by atoms with E-state index in [-0.39, 0.29) is 11.7 Å². The van der Waals surface area contributed by atoms with Crippen molar-refractivity contribution in [1.82, 2.24) is 4.90 Å². The first-order valence-electron chi connectivity index (χ1n) is 10.5. The first kappa shape index (κ1) is 19.5. The van der Waals surface area contributed by atoms with Crippen LogP contribution >= 0.6 is 11.3 Å². The minimum Gasteiger partial charge on any atom is -0.368 e. The van der Waals surface area contributed by atoms with Gasteiger partial charge in [-0.3, -0.25) is 9.69 Å². The van der Waals surface area contributed by atoms with Gasteiger partial charge in [-0.2, -0.15) is 0 Å². The van der Waals surface area contributed by atoms with Crippen molar-refractivity contribution in [1.29, 1.82) is 0 Å². The van der Waals surface area contributed by atoms with E-state index >= 15 is 0 Å². The van der Waals surface area contributed by atoms with Gasteiger partial charge < -0.3 is 9.80 Å². The predicted octanol–water partition coefficient (Wildman–Crippen LogP) is 4.48. The van der Waals surface area contributed by atoms with Crippen molar-refractivity contribution in [2.75, 3.05) is 42.5 Å². The summed E-state index contributed by atoms with van der Waals surface area (Å²) < 4.78 is 15.0. The van der Waals surface area contributed by atoms with Crippen LogP contribution in [0.25, 0.3) is 10.1 Å². The number of carbonyl (C=O) groups is 1. The summed E-state index contributed by atoms with van der Waals surface area (Å²) in [4.78, 5) is 18.3. The molecule has 1 saturated heterocycles. The van der Waals surface area contributed by atoms with Crippen molar-refractivity contribution in [2.24, 2.45) is 0 Å². The van der Waals surface area contributed by atoms with Crippen LogP contribution in [0.4, 0.5) is 15.8 Å². The average Bonchev–Trinajstić information content (AvgIpc) is 3.23. The van der Waals surface area contributed by atoms with Gasteiger partial charge in [0.15, 0.2) is 0 Å². The van der Waals surface area contributed by atoms with Crippen molar-refractivity contribution in [3.63, 3.8) is 0 Å². The minimum absolute atomic E-state index is 0.0906. The van der Waals surface area contributed by atoms with E-state index in [9.17, 15) is 9.18 Å². The number of fused-ring (bicyclic) bond motifs is 2. The molecule has 1 amide bonds. The molecule has 2 aliphatic heterocycles. The highest BCUT2D eigenvalue weighted by molar-refractivity contribution is 7.17. The van der Waals surface area contributed by atoms with Crippen LogP contribution in [0.2, 0.25) is 0 Å². The highest BCUT2D eigenvalue weighted by Crippen LogP contribution is 2.33. The largest absolute Gasteiger partial charge is 0.368 e. The van der Waals surface area contributed by atoms with Crippen LogP contribution in [0.15, 0.2) is 41.8 Å². The second kappa shape index (κ2) is 8.00. The van der Waals surface area contributed by atoms with Crippen LogP contribution in [0.1, 0.15) is 17.5 Å². The molecule has 155 valence electrons. The number of hydrogen-bond donors (Lipinski definition) is 0. The van der Waals surface area contributed by atoms with Crippen molar-refractivity contribution in [3.8, 4) is 0 Å². The highest BCUT2D eigenvalue weighted by Gasteiger charge is 2.22. The summed E-state index contributed by atoms with van der Waals surface area (Å²) in [7, 11) is 3.91. The SMILES string of the molecule is [CH2]N1C(=O)CCc2ccc(CCN3CCN(c4cc(F)cc5sccc45)CC3)cc21. The fourth-order valence-corrected chi connectivity index (χ4v) is 5.35. The summed E-state index contributed by atoms with van der Waals surface area (Å²) in [6.45, 7) is 4.72. The van der Waals surface area contributed by atoms with Gasteiger partial charge in [0.25, 0.3) is 0 Å². The molecule has 1 fully saturated rings. The molecule has 6 heteroatoms. The van der Waals surface area contributed by atoms with Gasteiger partial charge in [-0.25, -0.2) is 4.39 Å². The molecule has 4 nitrogen and oxygen atoms in total. The van der Waals surface area contributed by atoms with Gasteiger partial charge in [-0.05, 0) is 53.6 Å². The molecule has 1 aromatic heterocycles. The zero-order valence-corrected chi connectivity index (χ0v) is 17.8. The number of halogens is 1. The first-order valence-corrected chi connectivity index (χ1v) is 11.4. The summed E-state index contributed by atoms with van der Waals surface area (Å²) in [5.74, 6) is -0.0689. The zero-order valence-electron chi connectivity index (χ0n) is 16.9. The molecule has 1 radical (unpaired) electrons. The number of piperazine rings is 1. The van der Waals surface area contributed by atoms with E-state index in [0.717, 1.165) is 67.0 Å². The van der Waals surface area contributed by atoms with Gasteiger partial charge in [0.05, 0.1) is 0 Å². The Kier molecular flexibility index (Phi) is 5.21. The third-order valence-electron chi connectivity index (χ3n) is 6.29. The Morgan fingerprint density at radius 1 is 1.00 bits per heavy atom. The van der Waals surface area contributed by atoms with Crippen molar-refractivity contribution >= 4 is 38.7 Å². The van der Waals surface area contributed by atoms with Gasteiger partial charge >= 0.3 is 0 Å². The number of hydrogen-bond acceptors (Lipinski definition) is 4. The molecule has 2 aliphatic rings. The van der Waals surface area contributed by atoms with Gasteiger partial charge in [0.2, 0.25) is 5.91 Å². The first-order chi connectivity index (χ1) is 14.6. The number of nitrogens with zero attached hydrogens (tertiary/aromatic N) is 3. The molecule has 0 atom stereocenters. The Bertz CT molecular complexity index is 1090. The van der Waals surface area contributed by atoms with Crippen molar-refractivity contribution in [3.05, 3.63) is 65.8 Å². The molecule has 3 heterocycles. The normalized spacial score (nSPS) is 17.6. The topological polar surface area (TPSA) is 26.8 Å². The monoisotopic (exact) mass is 422 g/mol. The number of thiophene rings is 1. The summed E-state index contributed by atoms with van der Waals surface area (Å²) >= 11 is 1.59. The molecule has 0 saturated carbocycles. The maximum atomic E-state index is 14.0. The predicted molar refractivity (Wildman–Crippen MR) is 122 cm³/mol. The Morgan fingerprint density at radius 2 is 1.83 bits per heavy atom. The third-order valence-corrected chi connectivity index (χ3v) is 7.16. The standard InChI is InChI=1S/C24H25FN3OS/c1-26-21-14-17(2-3-18(21)4-5-24(26)29)6-8-27-9-11-28(12-10-27)22-15-19(25)16-23-20(22)7-13-30-23/h2-3,7,13-16H,1,4-6,8-12H2. The Morgan fingerprint density at radius 3 is 2.67 bits per heavy atom. The summed E-state index contributed by atoms with van der Waals surface area (Å²) in [5.41, 5.74) is 4.42. The fourth-order valence-electron chi connectivity index (χ4n) is 4.52. The Balaban J connectivity index is 1.21. The number of anilines is 2. The zero-order chi connectivity index (χ0) is 20.7. The molecule has 0 N–H and O–H groups in total. The maximum Gasteiger partial charge on any atom is 0.227 e. The van der Waals surface area contributed by atoms with E-state index in [1.165, 1.54) is 11.1 Å². The molecule has 3 aromatic rings. The van der Waals surface area contributed by atoms with Crippen LogP contribution in [-0.2, 0) is 17.6 Å². The van der Waals surface area contributed by atoms with Crippen molar-refractivity contribution < 1.29 is 9.18 Å². The average molecular weight is 423 g/mol. The van der Waals surface area contributed by atoms with E-state index in [4.69, 9.17) is 0 Å². The van der Waals surface area contributed by atoms with Crippen LogP contribution in [-0.4, -0.2) is 43.5 Å². The number of benzene rings is 2. The second-order valence-electron chi connectivity index (χ2n) is 8.12. The Labute approximate surface area is 180 Å². The van der Waals surface area contributed by atoms with E-state index in [1.54, 1.807) is 28.4 Å². The Hall–Kier alpha value is -2.44. The van der Waals surface area contributed by atoms with Crippen LogP contribution in [0.3, 0.4) is 0 Å². The third kappa shape index (κ3) is 3.70.